The molecule has 1 fully saturated rings. The lowest BCUT2D eigenvalue weighted by Gasteiger charge is -2.34. The summed E-state index contributed by atoms with van der Waals surface area (Å²) in [6, 6.07) is 0. The van der Waals surface area contributed by atoms with Crippen molar-refractivity contribution in [2.45, 2.75) is 17.7 Å². The Kier molecular flexibility index (Phi) is 2.76. The van der Waals surface area contributed by atoms with Gasteiger partial charge in [-0.2, -0.15) is 0 Å². The van der Waals surface area contributed by atoms with Crippen molar-refractivity contribution in [3.63, 3.8) is 0 Å². The first-order valence-corrected chi connectivity index (χ1v) is 5.78. The van der Waals surface area contributed by atoms with Crippen molar-refractivity contribution in [1.82, 2.24) is 15.0 Å². The highest BCUT2D eigenvalue weighted by molar-refractivity contribution is 9.09. The molecular formula is C9H15BrN4. The first kappa shape index (κ1) is 9.96. The first-order valence-electron chi connectivity index (χ1n) is 4.86. The van der Waals surface area contributed by atoms with Crippen LogP contribution in [-0.4, -0.2) is 33.4 Å². The molecular weight excluding hydrogens is 244 g/mol. The van der Waals surface area contributed by atoms with Crippen LogP contribution in [0.5, 0.6) is 0 Å². The van der Waals surface area contributed by atoms with Gasteiger partial charge in [-0.3, -0.25) is 0 Å². The predicted octanol–water partition coefficient (Wildman–Crippen LogP) is 1.42. The lowest BCUT2D eigenvalue weighted by molar-refractivity contribution is 0.338. The molecule has 0 aliphatic heterocycles. The lowest BCUT2D eigenvalue weighted by Crippen LogP contribution is -2.35. The Morgan fingerprint density at radius 1 is 1.64 bits per heavy atom. The van der Waals surface area contributed by atoms with Crippen molar-refractivity contribution < 1.29 is 0 Å². The normalized spacial score (nSPS) is 25.9. The number of rotatable bonds is 3. The number of aromatic nitrogens is 3. The topological polar surface area (TPSA) is 34.0 Å². The number of halogens is 1. The molecule has 2 rings (SSSR count). The summed E-state index contributed by atoms with van der Waals surface area (Å²) >= 11 is 3.61. The van der Waals surface area contributed by atoms with Gasteiger partial charge in [-0.1, -0.05) is 21.1 Å². The fraction of sp³-hybridized carbons (Fsp3) is 0.778. The number of aryl methyl sites for hydroxylation is 1. The molecule has 5 heteroatoms. The molecule has 0 bridgehead atoms. The van der Waals surface area contributed by atoms with Gasteiger partial charge in [-0.15, -0.1) is 5.10 Å². The third kappa shape index (κ3) is 1.92. The van der Waals surface area contributed by atoms with E-state index in [1.165, 1.54) is 12.8 Å². The number of anilines is 1. The molecule has 14 heavy (non-hydrogen) atoms. The Labute approximate surface area is 92.4 Å². The highest BCUT2D eigenvalue weighted by atomic mass is 79.9. The van der Waals surface area contributed by atoms with Gasteiger partial charge in [-0.05, 0) is 18.8 Å². The van der Waals surface area contributed by atoms with Gasteiger partial charge < -0.3 is 4.90 Å². The number of alkyl halides is 1. The molecule has 1 aromatic rings. The summed E-state index contributed by atoms with van der Waals surface area (Å²) in [5.41, 5.74) is 0. The minimum absolute atomic E-state index is 0.741. The van der Waals surface area contributed by atoms with Gasteiger partial charge in [0.15, 0.2) is 0 Å². The molecule has 78 valence electrons. The van der Waals surface area contributed by atoms with Gasteiger partial charge in [0.2, 0.25) is 0 Å². The van der Waals surface area contributed by atoms with Gasteiger partial charge in [0.05, 0.1) is 6.20 Å². The minimum Gasteiger partial charge on any atom is -0.358 e. The van der Waals surface area contributed by atoms with Crippen LogP contribution in [0.15, 0.2) is 6.20 Å². The Balaban J connectivity index is 1.90. The molecule has 0 amide bonds. The van der Waals surface area contributed by atoms with Crippen molar-refractivity contribution in [2.75, 3.05) is 18.5 Å². The fourth-order valence-corrected chi connectivity index (χ4v) is 2.97. The number of nitrogens with zero attached hydrogens (tertiary/aromatic N) is 4. The molecule has 1 aliphatic carbocycles. The summed E-state index contributed by atoms with van der Waals surface area (Å²) in [6.45, 7) is 1.10. The van der Waals surface area contributed by atoms with Crippen LogP contribution in [0, 0.1) is 5.92 Å². The van der Waals surface area contributed by atoms with Crippen LogP contribution in [0.25, 0.3) is 0 Å². The van der Waals surface area contributed by atoms with E-state index in [-0.39, 0.29) is 0 Å². The molecule has 0 aromatic carbocycles. The van der Waals surface area contributed by atoms with Gasteiger partial charge in [0.1, 0.15) is 5.82 Å². The van der Waals surface area contributed by atoms with E-state index in [9.17, 15) is 0 Å². The van der Waals surface area contributed by atoms with Gasteiger partial charge >= 0.3 is 0 Å². The second-order valence-electron chi connectivity index (χ2n) is 4.03. The molecule has 0 spiro atoms. The largest absolute Gasteiger partial charge is 0.358 e. The van der Waals surface area contributed by atoms with Crippen LogP contribution in [0.2, 0.25) is 0 Å². The van der Waals surface area contributed by atoms with Gasteiger partial charge in [0, 0.05) is 25.5 Å². The summed E-state index contributed by atoms with van der Waals surface area (Å²) in [7, 11) is 4.02. The Morgan fingerprint density at radius 2 is 2.36 bits per heavy atom. The average molecular weight is 259 g/mol. The van der Waals surface area contributed by atoms with E-state index >= 15 is 0 Å². The highest BCUT2D eigenvalue weighted by Gasteiger charge is 2.28. The van der Waals surface area contributed by atoms with E-state index in [4.69, 9.17) is 0 Å². The monoisotopic (exact) mass is 258 g/mol. The third-order valence-electron chi connectivity index (χ3n) is 2.79. The van der Waals surface area contributed by atoms with E-state index in [1.54, 1.807) is 0 Å². The molecule has 0 radical (unpaired) electrons. The molecule has 0 atom stereocenters. The van der Waals surface area contributed by atoms with Crippen molar-refractivity contribution in [3.8, 4) is 0 Å². The van der Waals surface area contributed by atoms with E-state index in [0.717, 1.165) is 23.1 Å². The lowest BCUT2D eigenvalue weighted by atomic mass is 9.85. The zero-order chi connectivity index (χ0) is 10.1. The van der Waals surface area contributed by atoms with Crippen LogP contribution < -0.4 is 4.90 Å². The van der Waals surface area contributed by atoms with Gasteiger partial charge in [0.25, 0.3) is 0 Å². The van der Waals surface area contributed by atoms with Crippen molar-refractivity contribution in [1.29, 1.82) is 0 Å². The fourth-order valence-electron chi connectivity index (χ4n) is 1.91. The van der Waals surface area contributed by atoms with Crippen molar-refractivity contribution in [2.24, 2.45) is 13.0 Å². The summed E-state index contributed by atoms with van der Waals surface area (Å²) in [6.07, 6.45) is 4.38. The molecule has 4 nitrogen and oxygen atoms in total. The van der Waals surface area contributed by atoms with Crippen molar-refractivity contribution >= 4 is 21.7 Å². The van der Waals surface area contributed by atoms with E-state index < -0.39 is 0 Å². The standard InChI is InChI=1S/C9H15BrN4/c1-13(6-7-3-8(10)4-7)9-5-11-12-14(9)2/h5,7-8H,3-4,6H2,1-2H3. The summed E-state index contributed by atoms with van der Waals surface area (Å²) in [4.78, 5) is 2.97. The van der Waals surface area contributed by atoms with Crippen LogP contribution >= 0.6 is 15.9 Å². The smallest absolute Gasteiger partial charge is 0.146 e. The molecule has 1 heterocycles. The van der Waals surface area contributed by atoms with Crippen molar-refractivity contribution in [3.05, 3.63) is 6.20 Å². The Hall–Kier alpha value is -0.580. The van der Waals surface area contributed by atoms with Crippen LogP contribution in [-0.2, 0) is 7.05 Å². The molecule has 1 aliphatic rings. The number of hydrogen-bond acceptors (Lipinski definition) is 3. The van der Waals surface area contributed by atoms with Crippen LogP contribution in [0.4, 0.5) is 5.82 Å². The summed E-state index contributed by atoms with van der Waals surface area (Å²) in [5, 5.41) is 7.79. The molecule has 1 aromatic heterocycles. The Morgan fingerprint density at radius 3 is 2.86 bits per heavy atom. The SMILES string of the molecule is CN(CC1CC(Br)C1)c1cnnn1C. The van der Waals surface area contributed by atoms with Gasteiger partial charge in [-0.25, -0.2) is 4.68 Å². The first-order chi connectivity index (χ1) is 6.66. The second-order valence-corrected chi connectivity index (χ2v) is 5.33. The summed E-state index contributed by atoms with van der Waals surface area (Å²) in [5.74, 6) is 1.90. The predicted molar refractivity (Wildman–Crippen MR) is 59.7 cm³/mol. The molecule has 0 N–H and O–H groups in total. The third-order valence-corrected chi connectivity index (χ3v) is 3.54. The molecule has 0 saturated heterocycles. The van der Waals surface area contributed by atoms with E-state index in [1.807, 2.05) is 17.9 Å². The molecule has 0 unspecified atom stereocenters. The van der Waals surface area contributed by atoms with E-state index in [0.29, 0.717) is 0 Å². The zero-order valence-corrected chi connectivity index (χ0v) is 10.1. The Bertz CT molecular complexity index is 306. The summed E-state index contributed by atoms with van der Waals surface area (Å²) < 4.78 is 1.81. The average Bonchev–Trinajstić information content (AvgIpc) is 2.48. The minimum atomic E-state index is 0.741. The van der Waals surface area contributed by atoms with Crippen LogP contribution in [0.3, 0.4) is 0 Å². The highest BCUT2D eigenvalue weighted by Crippen LogP contribution is 2.34. The zero-order valence-electron chi connectivity index (χ0n) is 8.52. The van der Waals surface area contributed by atoms with Crippen LogP contribution in [0.1, 0.15) is 12.8 Å². The van der Waals surface area contributed by atoms with E-state index in [2.05, 4.69) is 38.2 Å². The molecule has 1 saturated carbocycles. The number of hydrogen-bond donors (Lipinski definition) is 0. The maximum absolute atomic E-state index is 3.92. The quantitative estimate of drug-likeness (QED) is 0.770. The second kappa shape index (κ2) is 3.88. The maximum atomic E-state index is 3.92. The maximum Gasteiger partial charge on any atom is 0.146 e.